The molecule has 1 aliphatic heterocycles. The Kier molecular flexibility index (Phi) is 4.41. The second-order valence-electron chi connectivity index (χ2n) is 5.89. The molecule has 0 unspecified atom stereocenters. The number of pyridine rings is 1. The molecule has 1 aliphatic rings. The zero-order valence-corrected chi connectivity index (χ0v) is 14.1. The summed E-state index contributed by atoms with van der Waals surface area (Å²) in [6, 6.07) is 3.83. The number of hydrogen-bond acceptors (Lipinski definition) is 3. The van der Waals surface area contributed by atoms with Crippen LogP contribution in [0.2, 0.25) is 5.02 Å². The summed E-state index contributed by atoms with van der Waals surface area (Å²) >= 11 is 6.27. The third kappa shape index (κ3) is 2.94. The zero-order valence-electron chi connectivity index (χ0n) is 13.3. The number of carbonyl (C=O) groups excluding carboxylic acids is 1. The van der Waals surface area contributed by atoms with Crippen molar-refractivity contribution < 1.29 is 13.6 Å². The van der Waals surface area contributed by atoms with Crippen LogP contribution in [0, 0.1) is 11.6 Å². The smallest absolute Gasteiger partial charge is 0.254 e. The van der Waals surface area contributed by atoms with Crippen molar-refractivity contribution in [1.82, 2.24) is 9.88 Å². The molecular formula is C17H16ClF2N3O. The molecule has 24 heavy (non-hydrogen) atoms. The summed E-state index contributed by atoms with van der Waals surface area (Å²) in [5, 5.41) is 0.308. The number of aromatic nitrogens is 1. The highest BCUT2D eigenvalue weighted by Gasteiger charge is 2.25. The second kappa shape index (κ2) is 6.36. The Balaban J connectivity index is 1.91. The summed E-state index contributed by atoms with van der Waals surface area (Å²) in [5.74, 6) is -0.571. The summed E-state index contributed by atoms with van der Waals surface area (Å²) in [6.07, 6.45) is 1.82. The predicted molar refractivity (Wildman–Crippen MR) is 88.4 cm³/mol. The molecule has 0 spiro atoms. The topological polar surface area (TPSA) is 36.4 Å². The summed E-state index contributed by atoms with van der Waals surface area (Å²) in [4.78, 5) is 19.4. The molecule has 0 bridgehead atoms. The van der Waals surface area contributed by atoms with Crippen LogP contribution in [0.3, 0.4) is 0 Å². The monoisotopic (exact) mass is 351 g/mol. The average Bonchev–Trinajstić information content (AvgIpc) is 2.57. The lowest BCUT2D eigenvalue weighted by atomic mass is 9.98. The largest absolute Gasteiger partial charge is 0.351 e. The molecule has 126 valence electrons. The first kappa shape index (κ1) is 16.6. The molecule has 2 aromatic rings. The third-order valence-corrected chi connectivity index (χ3v) is 4.35. The van der Waals surface area contributed by atoms with Gasteiger partial charge in [-0.25, -0.2) is 13.8 Å². The quantitative estimate of drug-likeness (QED) is 0.833. The van der Waals surface area contributed by atoms with Crippen LogP contribution in [-0.4, -0.2) is 36.4 Å². The highest BCUT2D eigenvalue weighted by molar-refractivity contribution is 6.33. The molecule has 7 heteroatoms. The fourth-order valence-electron chi connectivity index (χ4n) is 2.81. The van der Waals surface area contributed by atoms with E-state index >= 15 is 0 Å². The first-order chi connectivity index (χ1) is 11.4. The Labute approximate surface area is 143 Å². The molecule has 0 N–H and O–H groups in total. The number of halogens is 3. The Morgan fingerprint density at radius 3 is 2.54 bits per heavy atom. The van der Waals surface area contributed by atoms with E-state index in [4.69, 9.17) is 11.6 Å². The van der Waals surface area contributed by atoms with Crippen LogP contribution in [0.25, 0.3) is 0 Å². The van der Waals surface area contributed by atoms with Gasteiger partial charge >= 0.3 is 0 Å². The average molecular weight is 352 g/mol. The molecule has 3 rings (SSSR count). The van der Waals surface area contributed by atoms with Gasteiger partial charge in [-0.15, -0.1) is 0 Å². The van der Waals surface area contributed by atoms with E-state index in [0.717, 1.165) is 12.1 Å². The van der Waals surface area contributed by atoms with E-state index in [0.29, 0.717) is 40.5 Å². The maximum absolute atomic E-state index is 14.0. The number of amides is 1. The van der Waals surface area contributed by atoms with Gasteiger partial charge in [-0.3, -0.25) is 4.79 Å². The number of rotatable bonds is 2. The van der Waals surface area contributed by atoms with Crippen LogP contribution in [-0.2, 0) is 13.0 Å². The van der Waals surface area contributed by atoms with Gasteiger partial charge in [0.1, 0.15) is 17.5 Å². The van der Waals surface area contributed by atoms with Gasteiger partial charge in [0.05, 0.1) is 10.6 Å². The number of anilines is 1. The minimum atomic E-state index is -0.438. The predicted octanol–water partition coefficient (Wildman–Crippen LogP) is 3.28. The molecule has 0 fully saturated rings. The van der Waals surface area contributed by atoms with Crippen molar-refractivity contribution in [3.05, 3.63) is 57.7 Å². The van der Waals surface area contributed by atoms with E-state index in [1.165, 1.54) is 11.1 Å². The molecule has 0 saturated heterocycles. The molecule has 0 saturated carbocycles. The van der Waals surface area contributed by atoms with Crippen LogP contribution in [0.5, 0.6) is 0 Å². The van der Waals surface area contributed by atoms with Gasteiger partial charge in [0.2, 0.25) is 0 Å². The van der Waals surface area contributed by atoms with Crippen molar-refractivity contribution in [2.75, 3.05) is 25.5 Å². The lowest BCUT2D eigenvalue weighted by Crippen LogP contribution is -2.32. The number of carbonyl (C=O) groups is 1. The van der Waals surface area contributed by atoms with Crippen molar-refractivity contribution in [2.45, 2.75) is 13.0 Å². The highest BCUT2D eigenvalue weighted by atomic mass is 35.5. The fraction of sp³-hybridized carbons (Fsp3) is 0.294. The van der Waals surface area contributed by atoms with Crippen molar-refractivity contribution in [3.8, 4) is 0 Å². The van der Waals surface area contributed by atoms with E-state index in [-0.39, 0.29) is 12.5 Å². The Bertz CT molecular complexity index is 811. The molecule has 0 atom stereocenters. The van der Waals surface area contributed by atoms with Crippen LogP contribution in [0.4, 0.5) is 14.6 Å². The number of hydrogen-bond donors (Lipinski definition) is 0. The minimum Gasteiger partial charge on any atom is -0.351 e. The molecule has 4 nitrogen and oxygen atoms in total. The Morgan fingerprint density at radius 1 is 1.25 bits per heavy atom. The van der Waals surface area contributed by atoms with E-state index in [1.807, 2.05) is 0 Å². The van der Waals surface area contributed by atoms with Gasteiger partial charge in [-0.05, 0) is 30.2 Å². The zero-order chi connectivity index (χ0) is 17.4. The van der Waals surface area contributed by atoms with Crippen molar-refractivity contribution in [1.29, 1.82) is 0 Å². The van der Waals surface area contributed by atoms with E-state index in [1.54, 1.807) is 25.1 Å². The standard InChI is InChI=1S/C17H16ClF2N3O/c1-22(2)17(24)10-7-13(18)16(21-8-10)23-6-5-11-12(9-23)15(20)4-3-14(11)19/h3-4,7-8H,5-6,9H2,1-2H3. The van der Waals surface area contributed by atoms with Crippen LogP contribution in [0.1, 0.15) is 21.5 Å². The van der Waals surface area contributed by atoms with Crippen molar-refractivity contribution in [3.63, 3.8) is 0 Å². The maximum Gasteiger partial charge on any atom is 0.254 e. The van der Waals surface area contributed by atoms with Gasteiger partial charge in [0.15, 0.2) is 0 Å². The fourth-order valence-corrected chi connectivity index (χ4v) is 3.10. The summed E-state index contributed by atoms with van der Waals surface area (Å²) in [5.41, 5.74) is 1.11. The maximum atomic E-state index is 14.0. The van der Waals surface area contributed by atoms with Gasteiger partial charge < -0.3 is 9.80 Å². The third-order valence-electron chi connectivity index (χ3n) is 4.07. The van der Waals surface area contributed by atoms with Crippen LogP contribution >= 0.6 is 11.6 Å². The van der Waals surface area contributed by atoms with E-state index in [9.17, 15) is 13.6 Å². The first-order valence-electron chi connectivity index (χ1n) is 7.46. The number of benzene rings is 1. The molecule has 1 amide bonds. The van der Waals surface area contributed by atoms with Crippen molar-refractivity contribution >= 4 is 23.3 Å². The second-order valence-corrected chi connectivity index (χ2v) is 6.29. The Hall–Kier alpha value is -2.21. The summed E-state index contributed by atoms with van der Waals surface area (Å²) < 4.78 is 27.8. The lowest BCUT2D eigenvalue weighted by molar-refractivity contribution is 0.0827. The van der Waals surface area contributed by atoms with Crippen LogP contribution in [0.15, 0.2) is 24.4 Å². The Morgan fingerprint density at radius 2 is 1.92 bits per heavy atom. The molecule has 0 radical (unpaired) electrons. The molecule has 0 aliphatic carbocycles. The summed E-state index contributed by atoms with van der Waals surface area (Å²) in [6.45, 7) is 0.660. The minimum absolute atomic E-state index is 0.187. The highest BCUT2D eigenvalue weighted by Crippen LogP contribution is 2.31. The number of fused-ring (bicyclic) bond motifs is 1. The van der Waals surface area contributed by atoms with Gasteiger partial charge in [-0.1, -0.05) is 11.6 Å². The lowest BCUT2D eigenvalue weighted by Gasteiger charge is -2.30. The van der Waals surface area contributed by atoms with Crippen LogP contribution < -0.4 is 4.90 Å². The normalized spacial score (nSPS) is 13.6. The van der Waals surface area contributed by atoms with Gasteiger partial charge in [-0.2, -0.15) is 0 Å². The summed E-state index contributed by atoms with van der Waals surface area (Å²) in [7, 11) is 3.28. The first-order valence-corrected chi connectivity index (χ1v) is 7.84. The number of nitrogens with zero attached hydrogens (tertiary/aromatic N) is 3. The molecule has 1 aromatic heterocycles. The molecule has 2 heterocycles. The SMILES string of the molecule is CN(C)C(=O)c1cnc(N2CCc3c(F)ccc(F)c3C2)c(Cl)c1. The van der Waals surface area contributed by atoms with Crippen molar-refractivity contribution in [2.24, 2.45) is 0 Å². The van der Waals surface area contributed by atoms with E-state index < -0.39 is 11.6 Å². The van der Waals surface area contributed by atoms with Gasteiger partial charge in [0, 0.05) is 38.9 Å². The van der Waals surface area contributed by atoms with E-state index in [2.05, 4.69) is 4.98 Å². The van der Waals surface area contributed by atoms with Gasteiger partial charge in [0.25, 0.3) is 5.91 Å². The molecular weight excluding hydrogens is 336 g/mol. The molecule has 1 aromatic carbocycles.